The third-order valence-electron chi connectivity index (χ3n) is 6.81. The van der Waals surface area contributed by atoms with Crippen LogP contribution in [0.5, 0.6) is 0 Å². The highest BCUT2D eigenvalue weighted by Crippen LogP contribution is 2.37. The Hall–Kier alpha value is -3.22. The zero-order valence-electron chi connectivity index (χ0n) is 20.8. The van der Waals surface area contributed by atoms with Crippen molar-refractivity contribution >= 4 is 45.9 Å². The van der Waals surface area contributed by atoms with Crippen molar-refractivity contribution in [2.24, 2.45) is 5.92 Å². The lowest BCUT2D eigenvalue weighted by molar-refractivity contribution is -0.125. The number of pyridine rings is 1. The van der Waals surface area contributed by atoms with Gasteiger partial charge in [0.2, 0.25) is 5.91 Å². The largest absolute Gasteiger partial charge is 0.366 e. The number of amides is 1. The van der Waals surface area contributed by atoms with E-state index in [0.29, 0.717) is 23.8 Å². The van der Waals surface area contributed by atoms with Gasteiger partial charge in [-0.1, -0.05) is 59.6 Å². The third kappa shape index (κ3) is 5.86. The number of hydrogen-bond acceptors (Lipinski definition) is 4. The van der Waals surface area contributed by atoms with E-state index in [1.165, 1.54) is 10.5 Å². The second-order valence-electron chi connectivity index (χ2n) is 9.47. The Morgan fingerprint density at radius 3 is 2.68 bits per heavy atom. The topological polar surface area (TPSA) is 65.2 Å². The van der Waals surface area contributed by atoms with Crippen molar-refractivity contribution < 1.29 is 4.79 Å². The van der Waals surface area contributed by atoms with Crippen LogP contribution in [0.2, 0.25) is 5.02 Å². The Kier molecular flexibility index (Phi) is 7.87. The maximum Gasteiger partial charge on any atom is 0.272 e. The molecule has 2 N–H and O–H groups in total. The number of rotatable bonds is 7. The molecule has 1 fully saturated rings. The second kappa shape index (κ2) is 11.4. The maximum absolute atomic E-state index is 13.4. The summed E-state index contributed by atoms with van der Waals surface area (Å²) in [5, 5.41) is 4.62. The van der Waals surface area contributed by atoms with Gasteiger partial charge in [-0.3, -0.25) is 9.59 Å². The predicted molar refractivity (Wildman–Crippen MR) is 155 cm³/mol. The highest BCUT2D eigenvalue weighted by atomic mass is 35.5. The van der Waals surface area contributed by atoms with E-state index in [1.807, 2.05) is 42.5 Å². The quantitative estimate of drug-likeness (QED) is 0.217. The number of nitrogens with one attached hydrogen (secondary N) is 2. The van der Waals surface area contributed by atoms with Crippen molar-refractivity contribution in [2.75, 3.05) is 30.3 Å². The molecule has 0 radical (unpaired) electrons. The van der Waals surface area contributed by atoms with Crippen molar-refractivity contribution in [1.29, 1.82) is 0 Å². The highest BCUT2D eigenvalue weighted by Gasteiger charge is 2.29. The van der Waals surface area contributed by atoms with E-state index in [-0.39, 0.29) is 17.4 Å². The molecule has 1 aliphatic rings. The molecule has 5 rings (SSSR count). The number of hydrogen-bond donors (Lipinski definition) is 2. The monoisotopic (exact) mass is 531 g/mol. The molecule has 4 aromatic rings. The van der Waals surface area contributed by atoms with Crippen molar-refractivity contribution in [3.63, 3.8) is 0 Å². The van der Waals surface area contributed by atoms with Crippen LogP contribution in [0.1, 0.15) is 18.4 Å². The lowest BCUT2D eigenvalue weighted by Gasteiger charge is -2.34. The molecule has 2 heterocycles. The van der Waals surface area contributed by atoms with Gasteiger partial charge in [0.15, 0.2) is 0 Å². The minimum Gasteiger partial charge on any atom is -0.366 e. The molecule has 5 nitrogen and oxygen atoms in total. The molecule has 1 atom stereocenters. The fourth-order valence-corrected chi connectivity index (χ4v) is 5.91. The zero-order valence-corrected chi connectivity index (χ0v) is 22.4. The number of anilines is 1. The molecule has 190 valence electrons. The highest BCUT2D eigenvalue weighted by molar-refractivity contribution is 7.99. The molecular formula is C30H30ClN3O2S. The molecule has 3 aromatic carbocycles. The first-order valence-electron chi connectivity index (χ1n) is 12.6. The van der Waals surface area contributed by atoms with Crippen molar-refractivity contribution in [3.05, 3.63) is 93.7 Å². The summed E-state index contributed by atoms with van der Waals surface area (Å²) in [4.78, 5) is 32.8. The number of carbonyl (C=O) groups excluding carboxylic acids is 1. The van der Waals surface area contributed by atoms with Gasteiger partial charge in [-0.2, -0.15) is 0 Å². The first-order valence-corrected chi connectivity index (χ1v) is 14.0. The Morgan fingerprint density at radius 1 is 1.11 bits per heavy atom. The van der Waals surface area contributed by atoms with Crippen LogP contribution in [0, 0.1) is 12.8 Å². The fraction of sp³-hybridized carbons (Fsp3) is 0.267. The van der Waals surface area contributed by atoms with Crippen LogP contribution in [0.25, 0.3) is 22.0 Å². The molecule has 0 bridgehead atoms. The predicted octanol–water partition coefficient (Wildman–Crippen LogP) is 6.28. The van der Waals surface area contributed by atoms with Crippen LogP contribution in [0.3, 0.4) is 0 Å². The third-order valence-corrected chi connectivity index (χ3v) is 8.06. The first-order chi connectivity index (χ1) is 18.0. The van der Waals surface area contributed by atoms with Crippen molar-refractivity contribution in [3.8, 4) is 11.1 Å². The SMILES string of the molecule is Cc1ccc(SCCNC(=O)[C@@H]2CCCN(c3c(-c4ccccc4)c4cc(Cl)ccc4[nH]c3=O)C2)cc1. The Labute approximate surface area is 226 Å². The van der Waals surface area contributed by atoms with Crippen LogP contribution in [0.15, 0.2) is 82.5 Å². The van der Waals surface area contributed by atoms with Gasteiger partial charge in [-0.05, 0) is 55.7 Å². The smallest absolute Gasteiger partial charge is 0.272 e. The Morgan fingerprint density at radius 2 is 1.89 bits per heavy atom. The van der Waals surface area contributed by atoms with E-state index in [1.54, 1.807) is 17.8 Å². The summed E-state index contributed by atoms with van der Waals surface area (Å²) in [7, 11) is 0. The molecule has 0 spiro atoms. The number of halogens is 1. The maximum atomic E-state index is 13.4. The summed E-state index contributed by atoms with van der Waals surface area (Å²) in [5.41, 5.74) is 4.25. The number of thioether (sulfide) groups is 1. The van der Waals surface area contributed by atoms with Gasteiger partial charge in [0.25, 0.3) is 5.56 Å². The van der Waals surface area contributed by atoms with Gasteiger partial charge in [-0.25, -0.2) is 0 Å². The first kappa shape index (κ1) is 25.4. The van der Waals surface area contributed by atoms with Crippen LogP contribution >= 0.6 is 23.4 Å². The normalized spacial score (nSPS) is 15.6. The summed E-state index contributed by atoms with van der Waals surface area (Å²) in [6.07, 6.45) is 1.66. The van der Waals surface area contributed by atoms with Gasteiger partial charge in [0.05, 0.1) is 5.92 Å². The Balaban J connectivity index is 1.35. The number of aryl methyl sites for hydroxylation is 1. The van der Waals surface area contributed by atoms with E-state index < -0.39 is 0 Å². The summed E-state index contributed by atoms with van der Waals surface area (Å²) in [6, 6.07) is 23.9. The molecule has 7 heteroatoms. The number of piperidine rings is 1. The number of fused-ring (bicyclic) bond motifs is 1. The Bertz CT molecular complexity index is 1450. The standard InChI is InChI=1S/C30H30ClN3O2S/c1-20-9-12-24(13-10-20)37-17-15-32-29(35)22-8-5-16-34(19-22)28-27(21-6-3-2-4-7-21)25-18-23(31)11-14-26(25)33-30(28)36/h2-4,6-7,9-14,18,22H,5,8,15-17,19H2,1H3,(H,32,35)(H,33,36)/t22-/m1/s1. The van der Waals surface area contributed by atoms with Gasteiger partial charge in [0.1, 0.15) is 5.69 Å². The zero-order chi connectivity index (χ0) is 25.8. The van der Waals surface area contributed by atoms with E-state index in [9.17, 15) is 9.59 Å². The van der Waals surface area contributed by atoms with Gasteiger partial charge in [0, 0.05) is 51.8 Å². The molecule has 1 saturated heterocycles. The molecule has 0 aliphatic carbocycles. The molecule has 37 heavy (non-hydrogen) atoms. The van der Waals surface area contributed by atoms with Gasteiger partial charge < -0.3 is 15.2 Å². The molecule has 1 aromatic heterocycles. The van der Waals surface area contributed by atoms with Crippen LogP contribution in [-0.4, -0.2) is 36.3 Å². The molecule has 1 aliphatic heterocycles. The second-order valence-corrected chi connectivity index (χ2v) is 11.1. The summed E-state index contributed by atoms with van der Waals surface area (Å²) < 4.78 is 0. The van der Waals surface area contributed by atoms with Crippen LogP contribution in [-0.2, 0) is 4.79 Å². The molecular weight excluding hydrogens is 502 g/mol. The van der Waals surface area contributed by atoms with Crippen LogP contribution in [0.4, 0.5) is 5.69 Å². The van der Waals surface area contributed by atoms with Crippen molar-refractivity contribution in [2.45, 2.75) is 24.7 Å². The summed E-state index contributed by atoms with van der Waals surface area (Å²) >= 11 is 8.10. The van der Waals surface area contributed by atoms with Crippen molar-refractivity contribution in [1.82, 2.24) is 10.3 Å². The van der Waals surface area contributed by atoms with E-state index in [4.69, 9.17) is 11.6 Å². The number of aromatic nitrogens is 1. The average molecular weight is 532 g/mol. The minimum absolute atomic E-state index is 0.0516. The van der Waals surface area contributed by atoms with Gasteiger partial charge >= 0.3 is 0 Å². The lowest BCUT2D eigenvalue weighted by atomic mass is 9.94. The molecule has 1 amide bonds. The number of aromatic amines is 1. The van der Waals surface area contributed by atoms with Gasteiger partial charge in [-0.15, -0.1) is 11.8 Å². The fourth-order valence-electron chi connectivity index (χ4n) is 4.97. The number of carbonyl (C=O) groups is 1. The lowest BCUT2D eigenvalue weighted by Crippen LogP contribution is -2.45. The molecule has 0 saturated carbocycles. The van der Waals surface area contributed by atoms with Crippen LogP contribution < -0.4 is 15.8 Å². The number of H-pyrrole nitrogens is 1. The summed E-state index contributed by atoms with van der Waals surface area (Å²) in [5.74, 6) is 0.695. The van der Waals surface area contributed by atoms with E-state index in [2.05, 4.69) is 46.4 Å². The average Bonchev–Trinajstić information content (AvgIpc) is 2.92. The van der Waals surface area contributed by atoms with E-state index >= 15 is 0 Å². The molecule has 0 unspecified atom stereocenters. The van der Waals surface area contributed by atoms with E-state index in [0.717, 1.165) is 47.2 Å². The number of benzene rings is 3. The number of nitrogens with zero attached hydrogens (tertiary/aromatic N) is 1. The summed E-state index contributed by atoms with van der Waals surface area (Å²) in [6.45, 7) is 3.91. The minimum atomic E-state index is -0.170.